The zero-order chi connectivity index (χ0) is 14.2. The van der Waals surface area contributed by atoms with Crippen LogP contribution in [0.3, 0.4) is 0 Å². The average molecular weight is 261 g/mol. The highest BCUT2D eigenvalue weighted by Gasteiger charge is 2.36. The van der Waals surface area contributed by atoms with Gasteiger partial charge >= 0.3 is 0 Å². The zero-order valence-electron chi connectivity index (χ0n) is 12.2. The van der Waals surface area contributed by atoms with Crippen LogP contribution in [0.4, 0.5) is 0 Å². The van der Waals surface area contributed by atoms with Gasteiger partial charge in [0.05, 0.1) is 6.10 Å². The van der Waals surface area contributed by atoms with Crippen molar-refractivity contribution in [2.75, 3.05) is 6.54 Å². The van der Waals surface area contributed by atoms with Gasteiger partial charge in [0, 0.05) is 17.6 Å². The third-order valence-electron chi connectivity index (χ3n) is 4.21. The molecular weight excluding hydrogens is 238 g/mol. The van der Waals surface area contributed by atoms with Crippen LogP contribution in [-0.2, 0) is 0 Å². The van der Waals surface area contributed by atoms with Gasteiger partial charge in [-0.15, -0.1) is 0 Å². The van der Waals surface area contributed by atoms with E-state index in [1.807, 2.05) is 36.9 Å². The van der Waals surface area contributed by atoms with E-state index in [9.17, 15) is 9.90 Å². The lowest BCUT2D eigenvalue weighted by atomic mass is 9.88. The molecule has 1 N–H and O–H groups in total. The van der Waals surface area contributed by atoms with E-state index >= 15 is 0 Å². The van der Waals surface area contributed by atoms with E-state index < -0.39 is 6.10 Å². The molecule has 1 atom stereocenters. The number of rotatable bonds is 1. The number of amides is 1. The summed E-state index contributed by atoms with van der Waals surface area (Å²) in [6, 6.07) is 5.80. The van der Waals surface area contributed by atoms with Gasteiger partial charge in [-0.3, -0.25) is 4.79 Å². The quantitative estimate of drug-likeness (QED) is 0.844. The van der Waals surface area contributed by atoms with E-state index in [0.717, 1.165) is 18.4 Å². The molecule has 1 aliphatic heterocycles. The maximum atomic E-state index is 12.6. The van der Waals surface area contributed by atoms with Gasteiger partial charge in [0.1, 0.15) is 0 Å². The summed E-state index contributed by atoms with van der Waals surface area (Å²) in [6.45, 7) is 8.62. The summed E-state index contributed by atoms with van der Waals surface area (Å²) in [5, 5.41) is 9.81. The van der Waals surface area contributed by atoms with Crippen molar-refractivity contribution in [1.82, 2.24) is 4.90 Å². The fraction of sp³-hybridized carbons (Fsp3) is 0.562. The normalized spacial score (nSPS) is 22.4. The lowest BCUT2D eigenvalue weighted by molar-refractivity contribution is 0.00154. The summed E-state index contributed by atoms with van der Waals surface area (Å²) < 4.78 is 0. The van der Waals surface area contributed by atoms with Crippen molar-refractivity contribution in [3.63, 3.8) is 0 Å². The summed E-state index contributed by atoms with van der Waals surface area (Å²) >= 11 is 0. The second kappa shape index (κ2) is 4.97. The monoisotopic (exact) mass is 261 g/mol. The maximum Gasteiger partial charge on any atom is 0.254 e. The predicted octanol–water partition coefficient (Wildman–Crippen LogP) is 2.68. The van der Waals surface area contributed by atoms with Crippen LogP contribution in [0.25, 0.3) is 0 Å². The maximum absolute atomic E-state index is 12.6. The Kier molecular flexibility index (Phi) is 3.68. The number of likely N-dealkylation sites (tertiary alicyclic amines) is 1. The Bertz CT molecular complexity index is 494. The molecule has 1 amide bonds. The van der Waals surface area contributed by atoms with Gasteiger partial charge in [-0.05, 0) is 63.8 Å². The molecule has 104 valence electrons. The van der Waals surface area contributed by atoms with Gasteiger partial charge < -0.3 is 10.0 Å². The summed E-state index contributed by atoms with van der Waals surface area (Å²) in [5.41, 5.74) is 2.84. The third-order valence-corrected chi connectivity index (χ3v) is 4.21. The van der Waals surface area contributed by atoms with Crippen LogP contribution >= 0.6 is 0 Å². The zero-order valence-corrected chi connectivity index (χ0v) is 12.2. The number of aliphatic hydroxyl groups excluding tert-OH is 1. The highest BCUT2D eigenvalue weighted by atomic mass is 16.3. The second-order valence-electron chi connectivity index (χ2n) is 6.22. The first-order valence-corrected chi connectivity index (χ1v) is 6.88. The Labute approximate surface area is 115 Å². The van der Waals surface area contributed by atoms with Crippen LogP contribution in [0.5, 0.6) is 0 Å². The Hall–Kier alpha value is -1.35. The molecule has 0 radical (unpaired) electrons. The Morgan fingerprint density at radius 1 is 1.32 bits per heavy atom. The molecule has 1 fully saturated rings. The standard InChI is InChI=1S/C16H23NO2/c1-11-5-6-13(9-12(11)2)15(19)17-10-14(18)7-8-16(17,3)4/h5-6,9,14,18H,7-8,10H2,1-4H3. The molecule has 0 aromatic heterocycles. The van der Waals surface area contributed by atoms with Crippen molar-refractivity contribution >= 4 is 5.91 Å². The highest BCUT2D eigenvalue weighted by molar-refractivity contribution is 5.95. The number of carbonyl (C=O) groups is 1. The molecule has 0 saturated carbocycles. The molecule has 0 spiro atoms. The van der Waals surface area contributed by atoms with Crippen LogP contribution in [0.1, 0.15) is 48.2 Å². The minimum absolute atomic E-state index is 0.0202. The first-order chi connectivity index (χ1) is 8.81. The number of hydrogen-bond acceptors (Lipinski definition) is 2. The number of aryl methyl sites for hydroxylation is 2. The van der Waals surface area contributed by atoms with E-state index in [2.05, 4.69) is 13.8 Å². The number of hydrogen-bond donors (Lipinski definition) is 1. The fourth-order valence-corrected chi connectivity index (χ4v) is 2.59. The van der Waals surface area contributed by atoms with Gasteiger partial charge in [-0.2, -0.15) is 0 Å². The molecule has 1 aromatic rings. The predicted molar refractivity (Wildman–Crippen MR) is 76.3 cm³/mol. The molecule has 19 heavy (non-hydrogen) atoms. The first-order valence-electron chi connectivity index (χ1n) is 6.88. The summed E-state index contributed by atoms with van der Waals surface area (Å²) in [4.78, 5) is 14.5. The molecule has 0 bridgehead atoms. The third kappa shape index (κ3) is 2.81. The Morgan fingerprint density at radius 2 is 2.00 bits per heavy atom. The van der Waals surface area contributed by atoms with Crippen molar-refractivity contribution in [2.45, 2.75) is 52.2 Å². The van der Waals surface area contributed by atoms with E-state index in [-0.39, 0.29) is 11.4 Å². The van der Waals surface area contributed by atoms with Crippen LogP contribution in [-0.4, -0.2) is 34.1 Å². The van der Waals surface area contributed by atoms with Gasteiger partial charge in [0.2, 0.25) is 0 Å². The van der Waals surface area contributed by atoms with Crippen LogP contribution in [0.2, 0.25) is 0 Å². The second-order valence-corrected chi connectivity index (χ2v) is 6.22. The smallest absolute Gasteiger partial charge is 0.254 e. The molecule has 1 aromatic carbocycles. The molecule has 1 aliphatic rings. The minimum Gasteiger partial charge on any atom is -0.391 e. The average Bonchev–Trinajstić information content (AvgIpc) is 2.35. The Morgan fingerprint density at radius 3 is 2.63 bits per heavy atom. The van der Waals surface area contributed by atoms with Crippen molar-refractivity contribution < 1.29 is 9.90 Å². The molecule has 2 rings (SSSR count). The van der Waals surface area contributed by atoms with Gasteiger partial charge in [-0.1, -0.05) is 6.07 Å². The lowest BCUT2D eigenvalue weighted by Gasteiger charge is -2.44. The summed E-state index contributed by atoms with van der Waals surface area (Å²) in [6.07, 6.45) is 1.21. The number of carbonyl (C=O) groups excluding carboxylic acids is 1. The van der Waals surface area contributed by atoms with Crippen LogP contribution < -0.4 is 0 Å². The molecule has 0 aliphatic carbocycles. The molecule has 1 heterocycles. The van der Waals surface area contributed by atoms with E-state index in [1.165, 1.54) is 5.56 Å². The molecule has 3 nitrogen and oxygen atoms in total. The number of β-amino-alcohol motifs (C(OH)–C–C–N with tert-alkyl or cyclic N) is 1. The summed E-state index contributed by atoms with van der Waals surface area (Å²) in [7, 11) is 0. The van der Waals surface area contributed by atoms with E-state index in [1.54, 1.807) is 0 Å². The molecule has 1 saturated heterocycles. The topological polar surface area (TPSA) is 40.5 Å². The molecule has 3 heteroatoms. The van der Waals surface area contributed by atoms with E-state index in [4.69, 9.17) is 0 Å². The van der Waals surface area contributed by atoms with Crippen LogP contribution in [0.15, 0.2) is 18.2 Å². The van der Waals surface area contributed by atoms with E-state index in [0.29, 0.717) is 12.1 Å². The van der Waals surface area contributed by atoms with Gasteiger partial charge in [0.25, 0.3) is 5.91 Å². The van der Waals surface area contributed by atoms with Crippen molar-refractivity contribution in [2.24, 2.45) is 0 Å². The number of aliphatic hydroxyl groups is 1. The molecule has 1 unspecified atom stereocenters. The van der Waals surface area contributed by atoms with Crippen molar-refractivity contribution in [3.8, 4) is 0 Å². The van der Waals surface area contributed by atoms with Crippen molar-refractivity contribution in [1.29, 1.82) is 0 Å². The van der Waals surface area contributed by atoms with Crippen molar-refractivity contribution in [3.05, 3.63) is 34.9 Å². The number of piperidine rings is 1. The number of nitrogens with zero attached hydrogens (tertiary/aromatic N) is 1. The fourth-order valence-electron chi connectivity index (χ4n) is 2.59. The minimum atomic E-state index is -0.400. The van der Waals surface area contributed by atoms with Gasteiger partial charge in [0.15, 0.2) is 0 Å². The SMILES string of the molecule is Cc1ccc(C(=O)N2CC(O)CCC2(C)C)cc1C. The first kappa shape index (κ1) is 14.1. The highest BCUT2D eigenvalue weighted by Crippen LogP contribution is 2.29. The number of benzene rings is 1. The lowest BCUT2D eigenvalue weighted by Crippen LogP contribution is -2.54. The molecular formula is C16H23NO2. The van der Waals surface area contributed by atoms with Gasteiger partial charge in [-0.25, -0.2) is 0 Å². The summed E-state index contributed by atoms with van der Waals surface area (Å²) in [5.74, 6) is 0.0202. The van der Waals surface area contributed by atoms with Crippen LogP contribution in [0, 0.1) is 13.8 Å². The Balaban J connectivity index is 2.29. The largest absolute Gasteiger partial charge is 0.391 e.